The number of ether oxygens (including phenoxy) is 4. The van der Waals surface area contributed by atoms with Gasteiger partial charge in [-0.05, 0) is 38.5 Å². The Morgan fingerprint density at radius 3 is 1.34 bits per heavy atom. The SMILES string of the molecule is CCCCCC/C=C/CCCCCCCCCCCC(=O)OC[C@@H](CO[C@H]1O[C@@H](CO)[C@@H](O)C(O)C1O)OC(=O)CCCCCCCCCCCCCCCCCCC. The molecule has 10 heteroatoms. The summed E-state index contributed by atoms with van der Waals surface area (Å²) >= 11 is 0. The van der Waals surface area contributed by atoms with Crippen LogP contribution in [0.15, 0.2) is 12.2 Å². The molecular formula is C49H92O10. The maximum Gasteiger partial charge on any atom is 0.306 e. The second-order valence-electron chi connectivity index (χ2n) is 17.3. The first-order chi connectivity index (χ1) is 28.8. The van der Waals surface area contributed by atoms with E-state index in [-0.39, 0.29) is 32.0 Å². The molecule has 0 bridgehead atoms. The second kappa shape index (κ2) is 40.5. The van der Waals surface area contributed by atoms with Gasteiger partial charge >= 0.3 is 11.9 Å². The number of rotatable bonds is 42. The molecule has 0 aliphatic carbocycles. The number of carbonyl (C=O) groups excluding carboxylic acids is 2. The average molecular weight is 841 g/mol. The zero-order chi connectivity index (χ0) is 43.0. The molecule has 0 aromatic rings. The molecule has 6 atom stereocenters. The third kappa shape index (κ3) is 31.9. The smallest absolute Gasteiger partial charge is 0.306 e. The first-order valence-electron chi connectivity index (χ1n) is 24.8. The van der Waals surface area contributed by atoms with Crippen molar-refractivity contribution in [3.8, 4) is 0 Å². The van der Waals surface area contributed by atoms with E-state index < -0.39 is 49.4 Å². The first kappa shape index (κ1) is 55.5. The average Bonchev–Trinajstić information content (AvgIpc) is 3.23. The minimum Gasteiger partial charge on any atom is -0.462 e. The van der Waals surface area contributed by atoms with Gasteiger partial charge in [0.05, 0.1) is 13.2 Å². The summed E-state index contributed by atoms with van der Waals surface area (Å²) in [6.45, 7) is 3.45. The molecule has 1 aliphatic rings. The van der Waals surface area contributed by atoms with Crippen LogP contribution in [0.5, 0.6) is 0 Å². The van der Waals surface area contributed by atoms with Crippen LogP contribution in [0.25, 0.3) is 0 Å². The van der Waals surface area contributed by atoms with E-state index in [0.29, 0.717) is 6.42 Å². The van der Waals surface area contributed by atoms with Gasteiger partial charge in [0.25, 0.3) is 0 Å². The summed E-state index contributed by atoms with van der Waals surface area (Å²) in [6, 6.07) is 0. The number of carbonyl (C=O) groups is 2. The summed E-state index contributed by atoms with van der Waals surface area (Å²) in [6.07, 6.45) is 36.4. The van der Waals surface area contributed by atoms with Gasteiger partial charge in [0.1, 0.15) is 31.0 Å². The van der Waals surface area contributed by atoms with Crippen LogP contribution in [-0.4, -0.2) is 89.0 Å². The lowest BCUT2D eigenvalue weighted by Crippen LogP contribution is -2.59. The van der Waals surface area contributed by atoms with Gasteiger partial charge in [-0.1, -0.05) is 193 Å². The zero-order valence-corrected chi connectivity index (χ0v) is 38.0. The fraction of sp³-hybridized carbons (Fsp3) is 0.918. The maximum atomic E-state index is 12.8. The summed E-state index contributed by atoms with van der Waals surface area (Å²) < 4.78 is 22.2. The van der Waals surface area contributed by atoms with Crippen LogP contribution in [0.1, 0.15) is 232 Å². The molecule has 348 valence electrons. The van der Waals surface area contributed by atoms with Crippen molar-refractivity contribution in [3.05, 3.63) is 12.2 Å². The molecule has 1 saturated heterocycles. The van der Waals surface area contributed by atoms with Gasteiger partial charge in [-0.15, -0.1) is 0 Å². The predicted molar refractivity (Wildman–Crippen MR) is 238 cm³/mol. The van der Waals surface area contributed by atoms with E-state index in [1.165, 1.54) is 161 Å². The number of aliphatic hydroxyl groups excluding tert-OH is 4. The van der Waals surface area contributed by atoms with Gasteiger partial charge in [0.2, 0.25) is 0 Å². The molecule has 59 heavy (non-hydrogen) atoms. The Morgan fingerprint density at radius 2 is 0.898 bits per heavy atom. The molecule has 2 unspecified atom stereocenters. The monoisotopic (exact) mass is 841 g/mol. The van der Waals surface area contributed by atoms with Crippen molar-refractivity contribution in [2.75, 3.05) is 19.8 Å². The van der Waals surface area contributed by atoms with Crippen molar-refractivity contribution in [3.63, 3.8) is 0 Å². The van der Waals surface area contributed by atoms with E-state index in [9.17, 15) is 30.0 Å². The number of unbranched alkanes of at least 4 members (excludes halogenated alkanes) is 29. The third-order valence-corrected chi connectivity index (χ3v) is 11.7. The summed E-state index contributed by atoms with van der Waals surface area (Å²) in [5.41, 5.74) is 0. The van der Waals surface area contributed by atoms with Crippen LogP contribution in [0.4, 0.5) is 0 Å². The highest BCUT2D eigenvalue weighted by molar-refractivity contribution is 5.70. The number of aliphatic hydroxyl groups is 4. The predicted octanol–water partition coefficient (Wildman–Crippen LogP) is 11.1. The second-order valence-corrected chi connectivity index (χ2v) is 17.3. The van der Waals surface area contributed by atoms with Crippen LogP contribution in [0, 0.1) is 0 Å². The van der Waals surface area contributed by atoms with Crippen molar-refractivity contribution in [2.45, 2.75) is 269 Å². The van der Waals surface area contributed by atoms with E-state index in [1.807, 2.05) is 0 Å². The van der Waals surface area contributed by atoms with Crippen LogP contribution in [0.2, 0.25) is 0 Å². The number of hydrogen-bond acceptors (Lipinski definition) is 10. The van der Waals surface area contributed by atoms with Crippen molar-refractivity contribution in [1.29, 1.82) is 0 Å². The molecule has 10 nitrogen and oxygen atoms in total. The van der Waals surface area contributed by atoms with Gasteiger partial charge in [0.15, 0.2) is 12.4 Å². The molecule has 4 N–H and O–H groups in total. The topological polar surface area (TPSA) is 152 Å². The van der Waals surface area contributed by atoms with Gasteiger partial charge in [0, 0.05) is 12.8 Å². The van der Waals surface area contributed by atoms with Gasteiger partial charge in [-0.25, -0.2) is 0 Å². The fourth-order valence-corrected chi connectivity index (χ4v) is 7.71. The van der Waals surface area contributed by atoms with Crippen LogP contribution < -0.4 is 0 Å². The molecule has 0 radical (unpaired) electrons. The highest BCUT2D eigenvalue weighted by Gasteiger charge is 2.44. The standard InChI is InChI=1S/C49H92O10/c1-3-5-7-9-11-13-15-17-19-21-23-25-27-29-31-33-35-37-44(51)56-40-42(41-57-49-48(55)47(54)46(53)43(39-50)59-49)58-45(52)38-36-34-32-30-28-26-24-22-20-18-16-14-12-10-8-6-4-2/h13,15,42-43,46-50,53-55H,3-12,14,16-41H2,1-2H3/b15-13+/t42-,43-,46+,47?,48?,49-/m0/s1. The highest BCUT2D eigenvalue weighted by Crippen LogP contribution is 2.23. The Bertz CT molecular complexity index is 974. The number of hydrogen-bond donors (Lipinski definition) is 4. The molecular weight excluding hydrogens is 749 g/mol. The van der Waals surface area contributed by atoms with Crippen molar-refractivity contribution >= 4 is 11.9 Å². The number of esters is 2. The maximum absolute atomic E-state index is 12.8. The minimum atomic E-state index is -1.59. The van der Waals surface area contributed by atoms with Crippen molar-refractivity contribution in [2.24, 2.45) is 0 Å². The zero-order valence-electron chi connectivity index (χ0n) is 38.0. The fourth-order valence-electron chi connectivity index (χ4n) is 7.71. The van der Waals surface area contributed by atoms with Gasteiger partial charge < -0.3 is 39.4 Å². The van der Waals surface area contributed by atoms with Crippen LogP contribution in [0.3, 0.4) is 0 Å². The lowest BCUT2D eigenvalue weighted by atomic mass is 9.99. The third-order valence-electron chi connectivity index (χ3n) is 11.7. The molecule has 0 spiro atoms. The molecule has 0 amide bonds. The Morgan fingerprint density at radius 1 is 0.508 bits per heavy atom. The minimum absolute atomic E-state index is 0.213. The Labute approximate surface area is 361 Å². The summed E-state index contributed by atoms with van der Waals surface area (Å²) in [5, 5.41) is 40.1. The first-order valence-corrected chi connectivity index (χ1v) is 24.8. The molecule has 1 aliphatic heterocycles. The summed E-state index contributed by atoms with van der Waals surface area (Å²) in [5.74, 6) is -0.795. The number of allylic oxidation sites excluding steroid dienone is 2. The van der Waals surface area contributed by atoms with E-state index in [0.717, 1.165) is 38.5 Å². The molecule has 0 aromatic heterocycles. The van der Waals surface area contributed by atoms with E-state index in [1.54, 1.807) is 0 Å². The van der Waals surface area contributed by atoms with Crippen LogP contribution in [-0.2, 0) is 28.5 Å². The van der Waals surface area contributed by atoms with E-state index >= 15 is 0 Å². The molecule has 0 saturated carbocycles. The lowest BCUT2D eigenvalue weighted by molar-refractivity contribution is -0.305. The Kier molecular flexibility index (Phi) is 38.1. The van der Waals surface area contributed by atoms with Crippen LogP contribution >= 0.6 is 0 Å². The molecule has 1 fully saturated rings. The normalized spacial score (nSPS) is 20.0. The van der Waals surface area contributed by atoms with Crippen molar-refractivity contribution < 1.29 is 49.0 Å². The highest BCUT2D eigenvalue weighted by atomic mass is 16.7. The van der Waals surface area contributed by atoms with E-state index in [2.05, 4.69) is 26.0 Å². The summed E-state index contributed by atoms with van der Waals surface area (Å²) in [7, 11) is 0. The molecule has 0 aromatic carbocycles. The Balaban J connectivity index is 2.27. The largest absolute Gasteiger partial charge is 0.462 e. The summed E-state index contributed by atoms with van der Waals surface area (Å²) in [4.78, 5) is 25.4. The molecule has 1 rings (SSSR count). The van der Waals surface area contributed by atoms with E-state index in [4.69, 9.17) is 18.9 Å². The van der Waals surface area contributed by atoms with Gasteiger partial charge in [-0.3, -0.25) is 9.59 Å². The molecule has 1 heterocycles. The van der Waals surface area contributed by atoms with Crippen molar-refractivity contribution in [1.82, 2.24) is 0 Å². The Hall–Kier alpha value is -1.56. The lowest BCUT2D eigenvalue weighted by Gasteiger charge is -2.39. The van der Waals surface area contributed by atoms with Gasteiger partial charge in [-0.2, -0.15) is 0 Å². The quantitative estimate of drug-likeness (QED) is 0.0265.